The summed E-state index contributed by atoms with van der Waals surface area (Å²) in [7, 11) is 0. The summed E-state index contributed by atoms with van der Waals surface area (Å²) in [5.41, 5.74) is 11.2. The van der Waals surface area contributed by atoms with E-state index < -0.39 is 0 Å². The Labute approximate surface area is 138 Å². The summed E-state index contributed by atoms with van der Waals surface area (Å²) >= 11 is 0. The maximum atomic E-state index is 4.33. The Bertz CT molecular complexity index is 835. The first-order valence-corrected chi connectivity index (χ1v) is 8.44. The lowest BCUT2D eigenvalue weighted by Crippen LogP contribution is -1.95. The zero-order valence-corrected chi connectivity index (χ0v) is 13.7. The Morgan fingerprint density at radius 2 is 1.96 bits per heavy atom. The highest BCUT2D eigenvalue weighted by atomic mass is 14.3. The van der Waals surface area contributed by atoms with E-state index in [1.165, 1.54) is 44.6 Å². The summed E-state index contributed by atoms with van der Waals surface area (Å²) in [5, 5.41) is 0. The molecule has 0 heteroatoms. The molecule has 0 saturated carbocycles. The van der Waals surface area contributed by atoms with Gasteiger partial charge in [0.1, 0.15) is 0 Å². The van der Waals surface area contributed by atoms with Gasteiger partial charge in [0, 0.05) is 0 Å². The minimum atomic E-state index is 0.967. The van der Waals surface area contributed by atoms with E-state index in [4.69, 9.17) is 0 Å². The van der Waals surface area contributed by atoms with Gasteiger partial charge in [0.05, 0.1) is 0 Å². The summed E-state index contributed by atoms with van der Waals surface area (Å²) in [6.07, 6.45) is 15.9. The molecule has 0 radical (unpaired) electrons. The molecule has 0 bridgehead atoms. The minimum absolute atomic E-state index is 0.967. The molecule has 114 valence electrons. The van der Waals surface area contributed by atoms with Crippen LogP contribution in [0.3, 0.4) is 0 Å². The third kappa shape index (κ3) is 2.70. The van der Waals surface area contributed by atoms with Crippen LogP contribution in [0.1, 0.15) is 37.3 Å². The maximum absolute atomic E-state index is 4.33. The minimum Gasteiger partial charge on any atom is -0.0949 e. The molecule has 4 rings (SSSR count). The second kappa shape index (κ2) is 5.70. The maximum Gasteiger partial charge on any atom is -0.00137 e. The van der Waals surface area contributed by atoms with Crippen molar-refractivity contribution in [1.82, 2.24) is 0 Å². The van der Waals surface area contributed by atoms with Crippen LogP contribution in [0.4, 0.5) is 0 Å². The number of rotatable bonds is 4. The highest BCUT2D eigenvalue weighted by Gasteiger charge is 2.21. The zero-order valence-electron chi connectivity index (χ0n) is 13.7. The summed E-state index contributed by atoms with van der Waals surface area (Å²) in [5.74, 6) is 0. The van der Waals surface area contributed by atoms with Gasteiger partial charge in [-0.25, -0.2) is 0 Å². The van der Waals surface area contributed by atoms with Gasteiger partial charge in [0.15, 0.2) is 0 Å². The van der Waals surface area contributed by atoms with Crippen LogP contribution in [0.5, 0.6) is 0 Å². The molecule has 0 amide bonds. The van der Waals surface area contributed by atoms with Crippen LogP contribution in [-0.4, -0.2) is 0 Å². The molecule has 0 nitrogen and oxygen atoms in total. The molecule has 3 aliphatic carbocycles. The van der Waals surface area contributed by atoms with Crippen molar-refractivity contribution >= 4 is 6.08 Å². The smallest absolute Gasteiger partial charge is 0.00137 e. The molecular formula is C23H22. The molecule has 0 saturated heterocycles. The number of allylic oxidation sites excluding steroid dienone is 10. The van der Waals surface area contributed by atoms with Crippen LogP contribution in [0.15, 0.2) is 88.6 Å². The van der Waals surface area contributed by atoms with Crippen LogP contribution in [-0.2, 0) is 6.42 Å². The summed E-state index contributed by atoms with van der Waals surface area (Å²) in [4.78, 5) is 0. The Morgan fingerprint density at radius 1 is 1.09 bits per heavy atom. The van der Waals surface area contributed by atoms with Gasteiger partial charge in [-0.1, -0.05) is 66.8 Å². The van der Waals surface area contributed by atoms with Crippen molar-refractivity contribution in [3.05, 3.63) is 99.7 Å². The first kappa shape index (κ1) is 14.3. The van der Waals surface area contributed by atoms with Gasteiger partial charge in [-0.15, -0.1) is 0 Å². The van der Waals surface area contributed by atoms with Crippen molar-refractivity contribution in [1.29, 1.82) is 0 Å². The van der Waals surface area contributed by atoms with Crippen molar-refractivity contribution in [3.63, 3.8) is 0 Å². The highest BCUT2D eigenvalue weighted by molar-refractivity contribution is 5.72. The SMILES string of the molecule is C=C(CC1=CCC=C1C1=Cc2ccccc2C1)C1=CCC(C)=C1. The predicted octanol–water partition coefficient (Wildman–Crippen LogP) is 6.11. The molecule has 1 aromatic rings. The summed E-state index contributed by atoms with van der Waals surface area (Å²) in [6, 6.07) is 8.73. The summed E-state index contributed by atoms with van der Waals surface area (Å²) in [6.45, 7) is 6.53. The van der Waals surface area contributed by atoms with E-state index in [-0.39, 0.29) is 0 Å². The molecular weight excluding hydrogens is 276 g/mol. The van der Waals surface area contributed by atoms with E-state index in [0.29, 0.717) is 0 Å². The third-order valence-electron chi connectivity index (χ3n) is 5.00. The third-order valence-corrected chi connectivity index (χ3v) is 5.00. The Kier molecular flexibility index (Phi) is 3.53. The Hall–Kier alpha value is -2.34. The van der Waals surface area contributed by atoms with Gasteiger partial charge < -0.3 is 0 Å². The van der Waals surface area contributed by atoms with Crippen molar-refractivity contribution in [3.8, 4) is 0 Å². The fraction of sp³-hybridized carbons (Fsp3) is 0.217. The lowest BCUT2D eigenvalue weighted by molar-refractivity contribution is 1.13. The number of benzene rings is 1. The number of hydrogen-bond donors (Lipinski definition) is 0. The normalized spacial score (nSPS) is 18.9. The lowest BCUT2D eigenvalue weighted by Gasteiger charge is -2.12. The van der Waals surface area contributed by atoms with Gasteiger partial charge in [0.2, 0.25) is 0 Å². The van der Waals surface area contributed by atoms with Crippen molar-refractivity contribution in [2.75, 3.05) is 0 Å². The average Bonchev–Trinajstić information content (AvgIpc) is 3.25. The van der Waals surface area contributed by atoms with Crippen LogP contribution in [0.25, 0.3) is 6.08 Å². The van der Waals surface area contributed by atoms with Gasteiger partial charge in [-0.05, 0) is 71.6 Å². The van der Waals surface area contributed by atoms with Crippen LogP contribution in [0, 0.1) is 0 Å². The zero-order chi connectivity index (χ0) is 15.8. The van der Waals surface area contributed by atoms with Gasteiger partial charge in [0.25, 0.3) is 0 Å². The summed E-state index contributed by atoms with van der Waals surface area (Å²) < 4.78 is 0. The van der Waals surface area contributed by atoms with E-state index in [0.717, 1.165) is 25.7 Å². The van der Waals surface area contributed by atoms with E-state index in [1.807, 2.05) is 0 Å². The number of hydrogen-bond acceptors (Lipinski definition) is 0. The first-order valence-electron chi connectivity index (χ1n) is 8.44. The molecule has 0 atom stereocenters. The molecule has 0 spiro atoms. The molecule has 0 aliphatic heterocycles. The van der Waals surface area contributed by atoms with Crippen LogP contribution >= 0.6 is 0 Å². The molecule has 1 aromatic carbocycles. The Balaban J connectivity index is 1.51. The predicted molar refractivity (Wildman–Crippen MR) is 99.1 cm³/mol. The molecule has 0 N–H and O–H groups in total. The first-order chi connectivity index (χ1) is 11.2. The second-order valence-corrected chi connectivity index (χ2v) is 6.76. The fourth-order valence-corrected chi connectivity index (χ4v) is 3.75. The van der Waals surface area contributed by atoms with E-state index >= 15 is 0 Å². The highest BCUT2D eigenvalue weighted by Crippen LogP contribution is 2.38. The van der Waals surface area contributed by atoms with E-state index in [1.54, 1.807) is 0 Å². The van der Waals surface area contributed by atoms with Crippen molar-refractivity contribution in [2.45, 2.75) is 32.6 Å². The lowest BCUT2D eigenvalue weighted by atomic mass is 9.92. The fourth-order valence-electron chi connectivity index (χ4n) is 3.75. The van der Waals surface area contributed by atoms with Crippen molar-refractivity contribution < 1.29 is 0 Å². The average molecular weight is 298 g/mol. The molecule has 3 aliphatic rings. The number of fused-ring (bicyclic) bond motifs is 1. The van der Waals surface area contributed by atoms with Crippen LogP contribution < -0.4 is 0 Å². The van der Waals surface area contributed by atoms with E-state index in [9.17, 15) is 0 Å². The Morgan fingerprint density at radius 3 is 2.74 bits per heavy atom. The van der Waals surface area contributed by atoms with Crippen molar-refractivity contribution in [2.24, 2.45) is 0 Å². The molecule has 0 heterocycles. The molecule has 23 heavy (non-hydrogen) atoms. The van der Waals surface area contributed by atoms with Crippen LogP contribution in [0.2, 0.25) is 0 Å². The quantitative estimate of drug-likeness (QED) is 0.629. The molecule has 0 unspecified atom stereocenters. The van der Waals surface area contributed by atoms with Gasteiger partial charge in [-0.2, -0.15) is 0 Å². The second-order valence-electron chi connectivity index (χ2n) is 6.76. The monoisotopic (exact) mass is 298 g/mol. The van der Waals surface area contributed by atoms with E-state index in [2.05, 4.69) is 68.1 Å². The van der Waals surface area contributed by atoms with Gasteiger partial charge in [-0.3, -0.25) is 0 Å². The molecule has 0 fully saturated rings. The topological polar surface area (TPSA) is 0 Å². The molecule has 0 aromatic heterocycles. The standard InChI is InChI=1S/C23H22/c1-16-10-11-18(12-16)17(2)13-21-8-5-9-23(21)22-14-19-6-3-4-7-20(19)15-22/h3-4,6-9,11-12,14H,2,5,10,13,15H2,1H3. The largest absolute Gasteiger partial charge is 0.0949 e. The van der Waals surface area contributed by atoms with Gasteiger partial charge >= 0.3 is 0 Å².